The lowest BCUT2D eigenvalue weighted by Gasteiger charge is -2.30. The van der Waals surface area contributed by atoms with E-state index < -0.39 is 30.3 Å². The van der Waals surface area contributed by atoms with E-state index in [1.807, 2.05) is 20.8 Å². The van der Waals surface area contributed by atoms with Crippen molar-refractivity contribution in [3.05, 3.63) is 41.9 Å². The normalized spacial score (nSPS) is 14.4. The Morgan fingerprint density at radius 1 is 1.11 bits per heavy atom. The first kappa shape index (κ1) is 29.3. The third kappa shape index (κ3) is 7.17. The highest BCUT2D eigenvalue weighted by molar-refractivity contribution is 5.57. The van der Waals surface area contributed by atoms with Crippen molar-refractivity contribution in [2.45, 2.75) is 58.6 Å². The van der Waals surface area contributed by atoms with E-state index in [0.717, 1.165) is 12.3 Å². The number of aromatic nitrogens is 4. The van der Waals surface area contributed by atoms with Gasteiger partial charge in [-0.2, -0.15) is 31.3 Å². The maximum Gasteiger partial charge on any atom is 0.433 e. The van der Waals surface area contributed by atoms with Gasteiger partial charge >= 0.3 is 12.4 Å². The molecule has 0 amide bonds. The SMILES string of the molecule is CCN(CC(C)C(C)Nc1nc2c(OCC(F)(F)F)ccc(C(C)(C)O)n2n1)c1ccnc(C(F)(F)F)c1. The summed E-state index contributed by atoms with van der Waals surface area (Å²) in [5.74, 6) is -0.199. The van der Waals surface area contributed by atoms with Crippen molar-refractivity contribution in [2.75, 3.05) is 29.9 Å². The van der Waals surface area contributed by atoms with Crippen molar-refractivity contribution in [3.8, 4) is 5.75 Å². The molecule has 3 heterocycles. The summed E-state index contributed by atoms with van der Waals surface area (Å²) in [5.41, 5.74) is -1.72. The Labute approximate surface area is 215 Å². The molecule has 0 spiro atoms. The van der Waals surface area contributed by atoms with E-state index in [9.17, 15) is 31.4 Å². The Bertz CT molecular complexity index is 1240. The van der Waals surface area contributed by atoms with Gasteiger partial charge in [0.05, 0.1) is 5.69 Å². The van der Waals surface area contributed by atoms with Crippen LogP contribution in [0.2, 0.25) is 0 Å². The number of pyridine rings is 2. The summed E-state index contributed by atoms with van der Waals surface area (Å²) in [4.78, 5) is 9.48. The van der Waals surface area contributed by atoms with Gasteiger partial charge in [-0.3, -0.25) is 4.98 Å². The number of aliphatic hydroxyl groups is 1. The zero-order valence-corrected chi connectivity index (χ0v) is 21.5. The van der Waals surface area contributed by atoms with Gasteiger partial charge in [0.25, 0.3) is 0 Å². The summed E-state index contributed by atoms with van der Waals surface area (Å²) in [7, 11) is 0. The van der Waals surface area contributed by atoms with Crippen molar-refractivity contribution >= 4 is 17.3 Å². The largest absolute Gasteiger partial charge is 0.480 e. The quantitative estimate of drug-likeness (QED) is 0.334. The number of alkyl halides is 6. The average molecular weight is 549 g/mol. The van der Waals surface area contributed by atoms with Crippen molar-refractivity contribution in [1.29, 1.82) is 0 Å². The highest BCUT2D eigenvalue weighted by atomic mass is 19.4. The summed E-state index contributed by atoms with van der Waals surface area (Å²) in [5, 5.41) is 17.9. The van der Waals surface area contributed by atoms with Crippen molar-refractivity contribution in [2.24, 2.45) is 5.92 Å². The van der Waals surface area contributed by atoms with E-state index >= 15 is 0 Å². The minimum Gasteiger partial charge on any atom is -0.480 e. The number of hydrogen-bond acceptors (Lipinski definition) is 7. The van der Waals surface area contributed by atoms with Crippen LogP contribution >= 0.6 is 0 Å². The third-order valence-corrected chi connectivity index (χ3v) is 5.97. The lowest BCUT2D eigenvalue weighted by atomic mass is 10.0. The average Bonchev–Trinajstić information content (AvgIpc) is 3.22. The Morgan fingerprint density at radius 2 is 1.79 bits per heavy atom. The third-order valence-electron chi connectivity index (χ3n) is 5.97. The molecule has 38 heavy (non-hydrogen) atoms. The summed E-state index contributed by atoms with van der Waals surface area (Å²) in [6.45, 7) is 7.85. The lowest BCUT2D eigenvalue weighted by Crippen LogP contribution is -2.36. The molecule has 2 atom stereocenters. The van der Waals surface area contributed by atoms with Gasteiger partial charge in [0.2, 0.25) is 5.95 Å². The van der Waals surface area contributed by atoms with E-state index in [1.165, 1.54) is 36.6 Å². The van der Waals surface area contributed by atoms with Crippen LogP contribution in [0, 0.1) is 5.92 Å². The molecule has 0 aliphatic carbocycles. The summed E-state index contributed by atoms with van der Waals surface area (Å²) in [6, 6.07) is 4.91. The Morgan fingerprint density at radius 3 is 2.37 bits per heavy atom. The van der Waals surface area contributed by atoms with Crippen molar-refractivity contribution in [1.82, 2.24) is 19.6 Å². The van der Waals surface area contributed by atoms with Gasteiger partial charge in [-0.15, -0.1) is 5.10 Å². The van der Waals surface area contributed by atoms with Gasteiger partial charge in [-0.05, 0) is 57.9 Å². The fourth-order valence-electron chi connectivity index (χ4n) is 3.78. The predicted octanol–water partition coefficient (Wildman–Crippen LogP) is 5.27. The summed E-state index contributed by atoms with van der Waals surface area (Å²) in [6.07, 6.45) is -8.00. The van der Waals surface area contributed by atoms with Gasteiger partial charge in [0, 0.05) is 31.0 Å². The Hall–Kier alpha value is -3.29. The second-order valence-electron chi connectivity index (χ2n) is 9.56. The van der Waals surface area contributed by atoms with Crippen LogP contribution in [0.15, 0.2) is 30.5 Å². The molecule has 0 aliphatic heterocycles. The van der Waals surface area contributed by atoms with Crippen molar-refractivity contribution < 1.29 is 36.2 Å². The molecule has 210 valence electrons. The number of ether oxygens (including phenoxy) is 1. The van der Waals surface area contributed by atoms with Crippen LogP contribution < -0.4 is 15.0 Å². The number of halogens is 6. The minimum absolute atomic E-state index is 0.0112. The molecule has 0 bridgehead atoms. The second-order valence-corrected chi connectivity index (χ2v) is 9.56. The minimum atomic E-state index is -4.56. The maximum absolute atomic E-state index is 13.1. The predicted molar refractivity (Wildman–Crippen MR) is 129 cm³/mol. The second kappa shape index (κ2) is 10.8. The van der Waals surface area contributed by atoms with E-state index in [4.69, 9.17) is 4.74 Å². The topological polar surface area (TPSA) is 87.8 Å². The molecular weight excluding hydrogens is 518 g/mol. The molecule has 14 heteroatoms. The standard InChI is InChI=1S/C24H30F6N6O2/c1-6-35(16-9-10-31-18(11-16)24(28,29)30)12-14(2)15(3)32-21-33-20-17(38-13-23(25,26)27)7-8-19(22(4,5)37)36(20)34-21/h7-11,14-15,37H,6,12-13H2,1-5H3,(H,32,34). The van der Waals surface area contributed by atoms with Gasteiger partial charge in [0.1, 0.15) is 11.3 Å². The van der Waals surface area contributed by atoms with Crippen LogP contribution in [0.3, 0.4) is 0 Å². The number of rotatable bonds is 10. The lowest BCUT2D eigenvalue weighted by molar-refractivity contribution is -0.153. The molecule has 2 N–H and O–H groups in total. The monoisotopic (exact) mass is 548 g/mol. The fraction of sp³-hybridized carbons (Fsp3) is 0.542. The van der Waals surface area contributed by atoms with E-state index in [2.05, 4.69) is 20.4 Å². The van der Waals surface area contributed by atoms with Crippen molar-refractivity contribution in [3.63, 3.8) is 0 Å². The van der Waals surface area contributed by atoms with Crippen LogP contribution in [0.25, 0.3) is 5.65 Å². The van der Waals surface area contributed by atoms with Gasteiger partial charge in [0.15, 0.2) is 18.0 Å². The number of anilines is 2. The highest BCUT2D eigenvalue weighted by Crippen LogP contribution is 2.31. The summed E-state index contributed by atoms with van der Waals surface area (Å²) >= 11 is 0. The van der Waals surface area contributed by atoms with Crippen LogP contribution in [-0.4, -0.2) is 56.6 Å². The smallest absolute Gasteiger partial charge is 0.433 e. The molecule has 0 fully saturated rings. The first-order chi connectivity index (χ1) is 17.5. The first-order valence-electron chi connectivity index (χ1n) is 11.9. The van der Waals surface area contributed by atoms with Crippen LogP contribution in [-0.2, 0) is 11.8 Å². The van der Waals surface area contributed by atoms with E-state index in [-0.39, 0.29) is 35.0 Å². The van der Waals surface area contributed by atoms with Gasteiger partial charge < -0.3 is 20.1 Å². The molecule has 3 aromatic heterocycles. The first-order valence-corrected chi connectivity index (χ1v) is 11.9. The molecule has 0 radical (unpaired) electrons. The number of hydrogen-bond donors (Lipinski definition) is 2. The van der Waals surface area contributed by atoms with Crippen LogP contribution in [0.1, 0.15) is 46.0 Å². The number of nitrogens with zero attached hydrogens (tertiary/aromatic N) is 5. The van der Waals surface area contributed by atoms with E-state index in [0.29, 0.717) is 18.8 Å². The molecule has 0 aromatic carbocycles. The molecule has 2 unspecified atom stereocenters. The van der Waals surface area contributed by atoms with Crippen LogP contribution in [0.4, 0.5) is 38.0 Å². The molecular formula is C24H30F6N6O2. The van der Waals surface area contributed by atoms with Gasteiger partial charge in [-0.1, -0.05) is 6.92 Å². The molecule has 3 rings (SSSR count). The number of fused-ring (bicyclic) bond motifs is 1. The fourth-order valence-corrected chi connectivity index (χ4v) is 3.78. The molecule has 8 nitrogen and oxygen atoms in total. The summed E-state index contributed by atoms with van der Waals surface area (Å²) < 4.78 is 83.6. The Kier molecular flexibility index (Phi) is 8.34. The van der Waals surface area contributed by atoms with Gasteiger partial charge in [-0.25, -0.2) is 4.52 Å². The van der Waals surface area contributed by atoms with E-state index in [1.54, 1.807) is 4.90 Å². The zero-order chi connectivity index (χ0) is 28.5. The van der Waals surface area contributed by atoms with Crippen LogP contribution in [0.5, 0.6) is 5.75 Å². The maximum atomic E-state index is 13.1. The molecule has 0 saturated heterocycles. The molecule has 3 aromatic rings. The molecule has 0 aliphatic rings. The number of nitrogens with one attached hydrogen (secondary N) is 1. The Balaban J connectivity index is 1.82. The zero-order valence-electron chi connectivity index (χ0n) is 21.5. The highest BCUT2D eigenvalue weighted by Gasteiger charge is 2.33. The molecule has 0 saturated carbocycles.